The summed E-state index contributed by atoms with van der Waals surface area (Å²) in [5.41, 5.74) is 0.879. The van der Waals surface area contributed by atoms with E-state index in [0.29, 0.717) is 0 Å². The number of hydrogen-bond donors (Lipinski definition) is 0. The number of halogens is 1. The van der Waals surface area contributed by atoms with Gasteiger partial charge in [0, 0.05) is 7.05 Å². The van der Waals surface area contributed by atoms with Crippen LogP contribution in [0.4, 0.5) is 0 Å². The van der Waals surface area contributed by atoms with Gasteiger partial charge in [-0.1, -0.05) is 0 Å². The topological polar surface area (TPSA) is 39.6 Å². The SMILES string of the molecule is Cn1ncc(Br)c1C12CCCOC1O2. The number of epoxide rings is 1. The van der Waals surface area contributed by atoms with Gasteiger partial charge in [-0.25, -0.2) is 0 Å². The maximum Gasteiger partial charge on any atom is 0.193 e. The first-order valence-electron chi connectivity index (χ1n) is 4.71. The highest BCUT2D eigenvalue weighted by atomic mass is 79.9. The first-order valence-corrected chi connectivity index (χ1v) is 5.51. The molecule has 2 unspecified atom stereocenters. The number of ether oxygens (including phenoxy) is 2. The Balaban J connectivity index is 2.03. The average molecular weight is 259 g/mol. The summed E-state index contributed by atoms with van der Waals surface area (Å²) < 4.78 is 14.0. The number of fused-ring (bicyclic) bond motifs is 1. The number of rotatable bonds is 1. The minimum Gasteiger partial charge on any atom is -0.349 e. The first kappa shape index (κ1) is 8.88. The minimum atomic E-state index is -0.220. The Morgan fingerprint density at radius 3 is 3.21 bits per heavy atom. The van der Waals surface area contributed by atoms with Gasteiger partial charge in [0.25, 0.3) is 0 Å². The molecule has 2 aliphatic rings. The molecule has 1 aromatic heterocycles. The molecule has 0 saturated carbocycles. The molecule has 2 aliphatic heterocycles. The Hall–Kier alpha value is -0.390. The lowest BCUT2D eigenvalue weighted by molar-refractivity contribution is 0.0415. The van der Waals surface area contributed by atoms with Crippen LogP contribution in [0.2, 0.25) is 0 Å². The summed E-state index contributed by atoms with van der Waals surface area (Å²) in [7, 11) is 1.93. The Morgan fingerprint density at radius 1 is 1.71 bits per heavy atom. The third kappa shape index (κ3) is 1.03. The predicted molar refractivity (Wildman–Crippen MR) is 52.6 cm³/mol. The van der Waals surface area contributed by atoms with Gasteiger partial charge in [-0.15, -0.1) is 0 Å². The molecule has 0 amide bonds. The third-order valence-corrected chi connectivity index (χ3v) is 3.48. The first-order chi connectivity index (χ1) is 6.74. The van der Waals surface area contributed by atoms with Crippen molar-refractivity contribution in [2.45, 2.75) is 24.7 Å². The number of aryl methyl sites for hydroxylation is 1. The summed E-state index contributed by atoms with van der Waals surface area (Å²) in [6.45, 7) is 0.807. The average Bonchev–Trinajstić information content (AvgIpc) is 2.81. The van der Waals surface area contributed by atoms with E-state index in [9.17, 15) is 0 Å². The lowest BCUT2D eigenvalue weighted by Crippen LogP contribution is -2.24. The molecule has 2 atom stereocenters. The van der Waals surface area contributed by atoms with Crippen LogP contribution >= 0.6 is 15.9 Å². The van der Waals surface area contributed by atoms with Crippen molar-refractivity contribution in [3.05, 3.63) is 16.4 Å². The Kier molecular flexibility index (Phi) is 1.78. The quantitative estimate of drug-likeness (QED) is 0.718. The lowest BCUT2D eigenvalue weighted by atomic mass is 9.97. The van der Waals surface area contributed by atoms with E-state index >= 15 is 0 Å². The van der Waals surface area contributed by atoms with Crippen molar-refractivity contribution in [3.8, 4) is 0 Å². The van der Waals surface area contributed by atoms with Crippen LogP contribution in [-0.4, -0.2) is 22.7 Å². The molecule has 0 radical (unpaired) electrons. The fourth-order valence-electron chi connectivity index (χ4n) is 2.20. The summed E-state index contributed by atoms with van der Waals surface area (Å²) >= 11 is 3.50. The second-order valence-corrected chi connectivity index (χ2v) is 4.63. The molecule has 3 heterocycles. The summed E-state index contributed by atoms with van der Waals surface area (Å²) in [5.74, 6) is 0. The molecule has 0 N–H and O–H groups in total. The van der Waals surface area contributed by atoms with E-state index in [-0.39, 0.29) is 11.9 Å². The van der Waals surface area contributed by atoms with Crippen molar-refractivity contribution in [1.82, 2.24) is 9.78 Å². The highest BCUT2D eigenvalue weighted by Crippen LogP contribution is 2.54. The Bertz CT molecular complexity index is 359. The van der Waals surface area contributed by atoms with Gasteiger partial charge in [-0.2, -0.15) is 5.10 Å². The van der Waals surface area contributed by atoms with E-state index in [1.54, 1.807) is 6.20 Å². The standard InChI is InChI=1S/C9H11BrN2O2/c1-12-7(6(10)5-11-12)9-3-2-4-13-8(9)14-9/h5,8H,2-4H2,1H3. The third-order valence-electron chi connectivity index (χ3n) is 2.90. The zero-order valence-corrected chi connectivity index (χ0v) is 9.45. The van der Waals surface area contributed by atoms with Crippen LogP contribution < -0.4 is 0 Å². The van der Waals surface area contributed by atoms with Crippen molar-refractivity contribution in [2.24, 2.45) is 7.05 Å². The number of aromatic nitrogens is 2. The van der Waals surface area contributed by atoms with Crippen molar-refractivity contribution in [2.75, 3.05) is 6.61 Å². The van der Waals surface area contributed by atoms with Gasteiger partial charge >= 0.3 is 0 Å². The van der Waals surface area contributed by atoms with Crippen LogP contribution in [-0.2, 0) is 22.1 Å². The Labute approximate surface area is 90.3 Å². The molecule has 0 aliphatic carbocycles. The monoisotopic (exact) mass is 258 g/mol. The maximum atomic E-state index is 5.66. The lowest BCUT2D eigenvalue weighted by Gasteiger charge is -2.17. The Morgan fingerprint density at radius 2 is 2.57 bits per heavy atom. The van der Waals surface area contributed by atoms with Gasteiger partial charge in [0.15, 0.2) is 11.9 Å². The van der Waals surface area contributed by atoms with Gasteiger partial charge in [-0.05, 0) is 28.8 Å². The molecule has 1 aromatic rings. The molecule has 0 aromatic carbocycles. The molecule has 3 rings (SSSR count). The van der Waals surface area contributed by atoms with Gasteiger partial charge in [-0.3, -0.25) is 4.68 Å². The molecule has 5 heteroatoms. The summed E-state index contributed by atoms with van der Waals surface area (Å²) in [5, 5.41) is 4.20. The van der Waals surface area contributed by atoms with Gasteiger partial charge < -0.3 is 9.47 Å². The summed E-state index contributed by atoms with van der Waals surface area (Å²) in [6, 6.07) is 0. The molecule has 4 nitrogen and oxygen atoms in total. The van der Waals surface area contributed by atoms with Crippen LogP contribution in [0.25, 0.3) is 0 Å². The van der Waals surface area contributed by atoms with E-state index in [0.717, 1.165) is 29.6 Å². The van der Waals surface area contributed by atoms with E-state index in [2.05, 4.69) is 21.0 Å². The minimum absolute atomic E-state index is 0.0528. The maximum absolute atomic E-state index is 5.66. The number of hydrogen-bond acceptors (Lipinski definition) is 3. The zero-order valence-electron chi connectivity index (χ0n) is 7.86. The van der Waals surface area contributed by atoms with Crippen molar-refractivity contribution >= 4 is 15.9 Å². The summed E-state index contributed by atoms with van der Waals surface area (Å²) in [6.07, 6.45) is 3.82. The highest BCUT2D eigenvalue weighted by Gasteiger charge is 2.62. The fourth-order valence-corrected chi connectivity index (χ4v) is 2.88. The fraction of sp³-hybridized carbons (Fsp3) is 0.667. The number of nitrogens with zero attached hydrogens (tertiary/aromatic N) is 2. The largest absolute Gasteiger partial charge is 0.349 e. The normalized spacial score (nSPS) is 35.4. The molecular formula is C9H11BrN2O2. The van der Waals surface area contributed by atoms with E-state index in [4.69, 9.17) is 9.47 Å². The van der Waals surface area contributed by atoms with Gasteiger partial charge in [0.2, 0.25) is 0 Å². The second-order valence-electron chi connectivity index (χ2n) is 3.78. The summed E-state index contributed by atoms with van der Waals surface area (Å²) in [4.78, 5) is 0. The molecule has 0 bridgehead atoms. The van der Waals surface area contributed by atoms with Crippen molar-refractivity contribution < 1.29 is 9.47 Å². The van der Waals surface area contributed by atoms with E-state index in [1.807, 2.05) is 11.7 Å². The molecule has 0 spiro atoms. The van der Waals surface area contributed by atoms with Crippen LogP contribution in [0.3, 0.4) is 0 Å². The van der Waals surface area contributed by atoms with Crippen LogP contribution in [0.1, 0.15) is 18.5 Å². The molecule has 14 heavy (non-hydrogen) atoms. The highest BCUT2D eigenvalue weighted by molar-refractivity contribution is 9.10. The van der Waals surface area contributed by atoms with Gasteiger partial charge in [0.05, 0.1) is 23.0 Å². The molecule has 2 fully saturated rings. The van der Waals surface area contributed by atoms with Crippen LogP contribution in [0, 0.1) is 0 Å². The van der Waals surface area contributed by atoms with Crippen molar-refractivity contribution in [3.63, 3.8) is 0 Å². The molecule has 76 valence electrons. The molecular weight excluding hydrogens is 248 g/mol. The van der Waals surface area contributed by atoms with E-state index < -0.39 is 0 Å². The van der Waals surface area contributed by atoms with Crippen LogP contribution in [0.15, 0.2) is 10.7 Å². The molecule has 2 saturated heterocycles. The second kappa shape index (κ2) is 2.81. The van der Waals surface area contributed by atoms with Gasteiger partial charge in [0.1, 0.15) is 0 Å². The smallest absolute Gasteiger partial charge is 0.193 e. The van der Waals surface area contributed by atoms with Crippen LogP contribution in [0.5, 0.6) is 0 Å². The van der Waals surface area contributed by atoms with Crippen molar-refractivity contribution in [1.29, 1.82) is 0 Å². The zero-order chi connectivity index (χ0) is 9.76. The predicted octanol–water partition coefficient (Wildman–Crippen LogP) is 1.54. The van der Waals surface area contributed by atoms with E-state index in [1.165, 1.54) is 0 Å².